The summed E-state index contributed by atoms with van der Waals surface area (Å²) < 4.78 is 25.4. The van der Waals surface area contributed by atoms with Crippen molar-refractivity contribution in [2.24, 2.45) is 0 Å². The van der Waals surface area contributed by atoms with E-state index in [9.17, 15) is 9.18 Å². The molecule has 0 unspecified atom stereocenters. The zero-order valence-corrected chi connectivity index (χ0v) is 18.1. The highest BCUT2D eigenvalue weighted by molar-refractivity contribution is 5.84. The van der Waals surface area contributed by atoms with Crippen LogP contribution in [0.3, 0.4) is 0 Å². The Balaban J connectivity index is 1.21. The van der Waals surface area contributed by atoms with Crippen LogP contribution < -0.4 is 14.8 Å². The molecule has 2 aromatic carbocycles. The lowest BCUT2D eigenvalue weighted by atomic mass is 10.0. The van der Waals surface area contributed by atoms with Crippen LogP contribution in [0.25, 0.3) is 22.2 Å². The van der Waals surface area contributed by atoms with Gasteiger partial charge in [-0.15, -0.1) is 10.2 Å². The number of nitrogens with one attached hydrogen (secondary N) is 2. The molecule has 168 valence electrons. The molecule has 2 N–H and O–H groups in total. The van der Waals surface area contributed by atoms with E-state index in [0.717, 1.165) is 22.0 Å². The molecule has 1 aliphatic rings. The van der Waals surface area contributed by atoms with E-state index in [1.54, 1.807) is 12.1 Å². The third kappa shape index (κ3) is 4.37. The van der Waals surface area contributed by atoms with Gasteiger partial charge in [0.05, 0.1) is 19.3 Å². The minimum Gasteiger partial charge on any atom is -0.487 e. The number of halogens is 1. The van der Waals surface area contributed by atoms with Crippen LogP contribution in [0.2, 0.25) is 0 Å². The van der Waals surface area contributed by atoms with Gasteiger partial charge >= 0.3 is 0 Å². The number of hydrogen-bond acceptors (Lipinski definition) is 5. The smallest absolute Gasteiger partial charge is 0.233 e. The Kier molecular flexibility index (Phi) is 5.64. The Labute approximate surface area is 189 Å². The van der Waals surface area contributed by atoms with Crippen LogP contribution in [0.1, 0.15) is 17.5 Å². The van der Waals surface area contributed by atoms with E-state index in [1.807, 2.05) is 30.5 Å². The number of hydrogen-bond donors (Lipinski definition) is 2. The van der Waals surface area contributed by atoms with E-state index in [-0.39, 0.29) is 17.8 Å². The number of benzene rings is 2. The van der Waals surface area contributed by atoms with Gasteiger partial charge in [-0.2, -0.15) is 0 Å². The van der Waals surface area contributed by atoms with E-state index in [4.69, 9.17) is 9.47 Å². The summed E-state index contributed by atoms with van der Waals surface area (Å²) in [6, 6.07) is 14.3. The number of para-hydroxylation sites is 1. The van der Waals surface area contributed by atoms with Crippen LogP contribution in [0.4, 0.5) is 4.39 Å². The lowest BCUT2D eigenvalue weighted by Gasteiger charge is -2.13. The number of methoxy groups -OCH3 is 1. The summed E-state index contributed by atoms with van der Waals surface area (Å²) in [7, 11) is 1.51. The highest BCUT2D eigenvalue weighted by Gasteiger charge is 2.28. The maximum atomic E-state index is 14.2. The number of amides is 1. The van der Waals surface area contributed by atoms with Crippen molar-refractivity contribution in [3.05, 3.63) is 71.7 Å². The van der Waals surface area contributed by atoms with Crippen molar-refractivity contribution in [2.45, 2.75) is 25.4 Å². The summed E-state index contributed by atoms with van der Waals surface area (Å²) in [5.41, 5.74) is 3.96. The zero-order valence-electron chi connectivity index (χ0n) is 18.1. The Morgan fingerprint density at radius 1 is 1.24 bits per heavy atom. The topological polar surface area (TPSA) is 89.1 Å². The lowest BCUT2D eigenvalue weighted by Crippen LogP contribution is -2.34. The summed E-state index contributed by atoms with van der Waals surface area (Å²) in [6.07, 6.45) is 3.21. The van der Waals surface area contributed by atoms with Gasteiger partial charge in [-0.25, -0.2) is 4.39 Å². The molecule has 0 spiro atoms. The van der Waals surface area contributed by atoms with Crippen LogP contribution in [0, 0.1) is 5.82 Å². The van der Waals surface area contributed by atoms with Gasteiger partial charge in [0.2, 0.25) is 11.8 Å². The fraction of sp³-hybridized carbons (Fsp3) is 0.240. The first-order valence-electron chi connectivity index (χ1n) is 10.8. The summed E-state index contributed by atoms with van der Waals surface area (Å²) in [5, 5.41) is 12.2. The van der Waals surface area contributed by atoms with Gasteiger partial charge in [-0.05, 0) is 36.2 Å². The summed E-state index contributed by atoms with van der Waals surface area (Å²) in [5.74, 6) is 0.537. The number of H-pyrrole nitrogens is 1. The van der Waals surface area contributed by atoms with E-state index in [2.05, 4.69) is 20.5 Å². The third-order valence-electron chi connectivity index (χ3n) is 5.81. The van der Waals surface area contributed by atoms with Crippen molar-refractivity contribution in [1.82, 2.24) is 20.5 Å². The largest absolute Gasteiger partial charge is 0.487 e. The second-order valence-electron chi connectivity index (χ2n) is 8.01. The molecule has 0 saturated carbocycles. The molecule has 0 saturated heterocycles. The van der Waals surface area contributed by atoms with Crippen LogP contribution in [-0.4, -0.2) is 40.8 Å². The highest BCUT2D eigenvalue weighted by Crippen LogP contribution is 2.39. The molecule has 0 fully saturated rings. The standard InChI is InChI=1S/C25H23FN4O3/c1-32-24-9-7-22(29-30-24)20-12-17(26)10-16-11-18(33-25(16)20)14-28-23(31)8-6-15-13-27-21-5-3-2-4-19(15)21/h2-5,7,9-10,12-13,18,27H,6,8,11,14H2,1H3,(H,28,31)/t18-/m1/s1. The van der Waals surface area contributed by atoms with Crippen molar-refractivity contribution < 1.29 is 18.7 Å². The van der Waals surface area contributed by atoms with Crippen LogP contribution in [0.5, 0.6) is 11.6 Å². The van der Waals surface area contributed by atoms with Gasteiger partial charge in [0.15, 0.2) is 0 Å². The Morgan fingerprint density at radius 3 is 2.94 bits per heavy atom. The molecule has 1 amide bonds. The van der Waals surface area contributed by atoms with Crippen LogP contribution in [-0.2, 0) is 17.6 Å². The molecule has 1 aliphatic heterocycles. The molecule has 5 rings (SSSR count). The first-order chi connectivity index (χ1) is 16.1. The fourth-order valence-electron chi connectivity index (χ4n) is 4.17. The average molecular weight is 446 g/mol. The number of aromatic nitrogens is 3. The molecule has 4 aromatic rings. The van der Waals surface area contributed by atoms with Crippen LogP contribution >= 0.6 is 0 Å². The number of carbonyl (C=O) groups is 1. The minimum absolute atomic E-state index is 0.0488. The molecular weight excluding hydrogens is 423 g/mol. The van der Waals surface area contributed by atoms with Crippen molar-refractivity contribution in [3.63, 3.8) is 0 Å². The number of nitrogens with zero attached hydrogens (tertiary/aromatic N) is 2. The maximum Gasteiger partial charge on any atom is 0.233 e. The lowest BCUT2D eigenvalue weighted by molar-refractivity contribution is -0.121. The molecule has 0 aliphatic carbocycles. The predicted molar refractivity (Wildman–Crippen MR) is 122 cm³/mol. The van der Waals surface area contributed by atoms with Crippen LogP contribution in [0.15, 0.2) is 54.7 Å². The van der Waals surface area contributed by atoms with Gasteiger partial charge in [-0.3, -0.25) is 4.79 Å². The van der Waals surface area contributed by atoms with E-state index < -0.39 is 0 Å². The molecule has 7 nitrogen and oxygen atoms in total. The van der Waals surface area contributed by atoms with Gasteiger partial charge in [0, 0.05) is 47.1 Å². The SMILES string of the molecule is COc1ccc(-c2cc(F)cc3c2O[C@@H](CNC(=O)CCc2c[nH]c4ccccc24)C3)nn1. The van der Waals surface area contributed by atoms with E-state index in [1.165, 1.54) is 19.2 Å². The zero-order chi connectivity index (χ0) is 22.8. The van der Waals surface area contributed by atoms with Gasteiger partial charge in [-0.1, -0.05) is 18.2 Å². The van der Waals surface area contributed by atoms with Crippen molar-refractivity contribution in [2.75, 3.05) is 13.7 Å². The molecule has 33 heavy (non-hydrogen) atoms. The number of fused-ring (bicyclic) bond motifs is 2. The molecule has 0 bridgehead atoms. The Hall–Kier alpha value is -3.94. The third-order valence-corrected chi connectivity index (χ3v) is 5.81. The molecule has 3 heterocycles. The number of aromatic amines is 1. The average Bonchev–Trinajstić information content (AvgIpc) is 3.44. The number of ether oxygens (including phenoxy) is 2. The highest BCUT2D eigenvalue weighted by atomic mass is 19.1. The predicted octanol–water partition coefficient (Wildman–Crippen LogP) is 3.83. The minimum atomic E-state index is -0.367. The molecule has 1 atom stereocenters. The van der Waals surface area contributed by atoms with Crippen molar-refractivity contribution in [3.8, 4) is 22.9 Å². The maximum absolute atomic E-state index is 14.2. The fourth-order valence-corrected chi connectivity index (χ4v) is 4.17. The number of rotatable bonds is 7. The van der Waals surface area contributed by atoms with E-state index in [0.29, 0.717) is 48.7 Å². The molecular formula is C25H23FN4O3. The van der Waals surface area contributed by atoms with Crippen molar-refractivity contribution in [1.29, 1.82) is 0 Å². The summed E-state index contributed by atoms with van der Waals surface area (Å²) in [6.45, 7) is 0.344. The normalized spacial score (nSPS) is 14.7. The first-order valence-corrected chi connectivity index (χ1v) is 10.8. The van der Waals surface area contributed by atoms with E-state index >= 15 is 0 Å². The number of carbonyl (C=O) groups excluding carboxylic acids is 1. The Morgan fingerprint density at radius 2 is 2.12 bits per heavy atom. The number of aryl methyl sites for hydroxylation is 1. The monoisotopic (exact) mass is 446 g/mol. The Bertz CT molecular complexity index is 1300. The summed E-state index contributed by atoms with van der Waals surface area (Å²) in [4.78, 5) is 15.7. The van der Waals surface area contributed by atoms with Gasteiger partial charge in [0.25, 0.3) is 0 Å². The molecule has 0 radical (unpaired) electrons. The molecule has 8 heteroatoms. The van der Waals surface area contributed by atoms with Gasteiger partial charge < -0.3 is 19.8 Å². The quantitative estimate of drug-likeness (QED) is 0.451. The second kappa shape index (κ2) is 8.90. The first kappa shape index (κ1) is 20.9. The second-order valence-corrected chi connectivity index (χ2v) is 8.01. The van der Waals surface area contributed by atoms with Crippen molar-refractivity contribution >= 4 is 16.8 Å². The van der Waals surface area contributed by atoms with Gasteiger partial charge in [0.1, 0.15) is 17.7 Å². The molecule has 2 aromatic heterocycles. The summed E-state index contributed by atoms with van der Waals surface area (Å²) >= 11 is 0.